The van der Waals surface area contributed by atoms with Crippen LogP contribution in [0.25, 0.3) is 0 Å². The van der Waals surface area contributed by atoms with Crippen molar-refractivity contribution in [3.8, 4) is 0 Å². The predicted molar refractivity (Wildman–Crippen MR) is 55.0 cm³/mol. The third-order valence-corrected chi connectivity index (χ3v) is 2.60. The van der Waals surface area contributed by atoms with Gasteiger partial charge >= 0.3 is 0 Å². The van der Waals surface area contributed by atoms with Crippen LogP contribution in [0, 0.1) is 0 Å². The van der Waals surface area contributed by atoms with Crippen LogP contribution in [0.1, 0.15) is 23.2 Å². The molecule has 80 valence electrons. The summed E-state index contributed by atoms with van der Waals surface area (Å²) in [6, 6.07) is 8.62. The maximum absolute atomic E-state index is 12.8. The van der Waals surface area contributed by atoms with Crippen LogP contribution < -0.4 is 10.9 Å². The maximum Gasteiger partial charge on any atom is 0.265 e. The van der Waals surface area contributed by atoms with Gasteiger partial charge in [-0.15, -0.1) is 0 Å². The van der Waals surface area contributed by atoms with Gasteiger partial charge in [0.1, 0.15) is 6.17 Å². The first-order chi connectivity index (χ1) is 7.27. The summed E-state index contributed by atoms with van der Waals surface area (Å²) in [4.78, 5) is 11.5. The number of rotatable bonds is 3. The first-order valence-electron chi connectivity index (χ1n) is 5.02. The van der Waals surface area contributed by atoms with Crippen molar-refractivity contribution in [2.45, 2.75) is 25.1 Å². The van der Waals surface area contributed by atoms with Crippen molar-refractivity contribution in [2.24, 2.45) is 0 Å². The Hall–Kier alpha value is -1.42. The normalized spacial score (nSPS) is 24.3. The molecule has 3 nitrogen and oxygen atoms in total. The van der Waals surface area contributed by atoms with Crippen LogP contribution >= 0.6 is 0 Å². The van der Waals surface area contributed by atoms with Crippen LogP contribution in [0.4, 0.5) is 4.39 Å². The molecule has 1 amide bonds. The van der Waals surface area contributed by atoms with Gasteiger partial charge in [-0.3, -0.25) is 10.2 Å². The average Bonchev–Trinajstić information content (AvgIpc) is 2.28. The largest absolute Gasteiger partial charge is 0.287 e. The lowest BCUT2D eigenvalue weighted by atomic mass is 9.91. The summed E-state index contributed by atoms with van der Waals surface area (Å²) in [5.74, 6) is -0.227. The van der Waals surface area contributed by atoms with Gasteiger partial charge in [0.2, 0.25) is 0 Å². The average molecular weight is 208 g/mol. The summed E-state index contributed by atoms with van der Waals surface area (Å²) in [7, 11) is 0. The molecule has 1 aliphatic carbocycles. The van der Waals surface area contributed by atoms with Gasteiger partial charge in [0.15, 0.2) is 0 Å². The second-order valence-electron chi connectivity index (χ2n) is 3.66. The third-order valence-electron chi connectivity index (χ3n) is 2.60. The zero-order valence-corrected chi connectivity index (χ0v) is 8.24. The van der Waals surface area contributed by atoms with E-state index >= 15 is 0 Å². The Bertz CT molecular complexity index is 342. The highest BCUT2D eigenvalue weighted by Crippen LogP contribution is 2.22. The van der Waals surface area contributed by atoms with E-state index in [0.717, 1.165) is 6.42 Å². The molecule has 0 radical (unpaired) electrons. The first kappa shape index (κ1) is 10.1. The Morgan fingerprint density at radius 3 is 2.53 bits per heavy atom. The Balaban J connectivity index is 1.83. The molecule has 1 aromatic carbocycles. The van der Waals surface area contributed by atoms with E-state index in [1.165, 1.54) is 0 Å². The lowest BCUT2D eigenvalue weighted by Crippen LogP contribution is -2.53. The predicted octanol–water partition coefficient (Wildman–Crippen LogP) is 1.42. The van der Waals surface area contributed by atoms with E-state index in [-0.39, 0.29) is 11.9 Å². The topological polar surface area (TPSA) is 41.1 Å². The van der Waals surface area contributed by atoms with Crippen molar-refractivity contribution in [3.63, 3.8) is 0 Å². The molecule has 2 rings (SSSR count). The quantitative estimate of drug-likeness (QED) is 0.738. The second-order valence-corrected chi connectivity index (χ2v) is 3.66. The molecule has 4 heteroatoms. The smallest absolute Gasteiger partial charge is 0.265 e. The highest BCUT2D eigenvalue weighted by atomic mass is 19.1. The molecular weight excluding hydrogens is 195 g/mol. The minimum atomic E-state index is -0.832. The maximum atomic E-state index is 12.8. The monoisotopic (exact) mass is 208 g/mol. The van der Waals surface area contributed by atoms with Crippen molar-refractivity contribution in [1.29, 1.82) is 0 Å². The molecule has 0 spiro atoms. The van der Waals surface area contributed by atoms with E-state index in [1.807, 2.05) is 6.07 Å². The van der Waals surface area contributed by atoms with E-state index in [1.54, 1.807) is 24.3 Å². The van der Waals surface area contributed by atoms with Crippen LogP contribution in [0.5, 0.6) is 0 Å². The summed E-state index contributed by atoms with van der Waals surface area (Å²) in [5, 5.41) is 0. The molecule has 2 N–H and O–H groups in total. The van der Waals surface area contributed by atoms with Crippen LogP contribution in [0.3, 0.4) is 0 Å². The lowest BCUT2D eigenvalue weighted by Gasteiger charge is -2.31. The Morgan fingerprint density at radius 1 is 1.27 bits per heavy atom. The van der Waals surface area contributed by atoms with E-state index in [9.17, 15) is 9.18 Å². The zero-order valence-electron chi connectivity index (χ0n) is 8.24. The molecule has 2 atom stereocenters. The molecule has 15 heavy (non-hydrogen) atoms. The number of hydrogen-bond donors (Lipinski definition) is 2. The number of carbonyl (C=O) groups excluding carboxylic acids is 1. The van der Waals surface area contributed by atoms with Crippen LogP contribution in [-0.4, -0.2) is 18.1 Å². The van der Waals surface area contributed by atoms with Gasteiger partial charge in [0.25, 0.3) is 5.91 Å². The summed E-state index contributed by atoms with van der Waals surface area (Å²) < 4.78 is 12.8. The SMILES string of the molecule is O=C(NNC1CCC1F)c1ccccc1. The number of hydrogen-bond acceptors (Lipinski definition) is 2. The number of alkyl halides is 1. The van der Waals surface area contributed by atoms with Gasteiger partial charge < -0.3 is 0 Å². The molecule has 1 aliphatic rings. The van der Waals surface area contributed by atoms with Crippen molar-refractivity contribution < 1.29 is 9.18 Å². The second kappa shape index (κ2) is 4.40. The number of halogens is 1. The fourth-order valence-corrected chi connectivity index (χ4v) is 1.44. The molecule has 0 aromatic heterocycles. The van der Waals surface area contributed by atoms with Crippen molar-refractivity contribution >= 4 is 5.91 Å². The van der Waals surface area contributed by atoms with E-state index in [0.29, 0.717) is 12.0 Å². The Kier molecular flexibility index (Phi) is 2.97. The number of benzene rings is 1. The van der Waals surface area contributed by atoms with Crippen LogP contribution in [0.2, 0.25) is 0 Å². The minimum Gasteiger partial charge on any atom is -0.287 e. The molecule has 0 aliphatic heterocycles. The van der Waals surface area contributed by atoms with Gasteiger partial charge in [0, 0.05) is 5.56 Å². The number of nitrogens with one attached hydrogen (secondary N) is 2. The standard InChI is InChI=1S/C11H13FN2O/c12-9-6-7-10(9)13-14-11(15)8-4-2-1-3-5-8/h1-5,9-10,13H,6-7H2,(H,14,15). The Morgan fingerprint density at radius 2 is 2.00 bits per heavy atom. The summed E-state index contributed by atoms with van der Waals surface area (Å²) in [5.41, 5.74) is 5.76. The molecule has 0 heterocycles. The van der Waals surface area contributed by atoms with Crippen LogP contribution in [-0.2, 0) is 0 Å². The van der Waals surface area contributed by atoms with E-state index in [4.69, 9.17) is 0 Å². The van der Waals surface area contributed by atoms with Gasteiger partial charge in [-0.1, -0.05) is 18.2 Å². The number of carbonyl (C=O) groups is 1. The van der Waals surface area contributed by atoms with Gasteiger partial charge in [-0.25, -0.2) is 9.82 Å². The lowest BCUT2D eigenvalue weighted by molar-refractivity contribution is 0.0852. The fourth-order valence-electron chi connectivity index (χ4n) is 1.44. The molecule has 1 fully saturated rings. The van der Waals surface area contributed by atoms with Gasteiger partial charge in [0.05, 0.1) is 6.04 Å². The minimum absolute atomic E-state index is 0.224. The zero-order chi connectivity index (χ0) is 10.7. The van der Waals surface area contributed by atoms with Crippen molar-refractivity contribution in [2.75, 3.05) is 0 Å². The Labute approximate surface area is 87.6 Å². The third kappa shape index (κ3) is 2.33. The van der Waals surface area contributed by atoms with E-state index in [2.05, 4.69) is 10.9 Å². The summed E-state index contributed by atoms with van der Waals surface area (Å²) >= 11 is 0. The summed E-state index contributed by atoms with van der Waals surface area (Å²) in [6.45, 7) is 0. The van der Waals surface area contributed by atoms with Gasteiger partial charge in [-0.05, 0) is 25.0 Å². The molecular formula is C11H13FN2O. The molecule has 1 aromatic rings. The van der Waals surface area contributed by atoms with Crippen LogP contribution in [0.15, 0.2) is 30.3 Å². The first-order valence-corrected chi connectivity index (χ1v) is 5.02. The number of hydrazine groups is 1. The highest BCUT2D eigenvalue weighted by molar-refractivity contribution is 5.93. The van der Waals surface area contributed by atoms with Gasteiger partial charge in [-0.2, -0.15) is 0 Å². The molecule has 0 bridgehead atoms. The molecule has 1 saturated carbocycles. The molecule has 2 unspecified atom stereocenters. The van der Waals surface area contributed by atoms with Crippen molar-refractivity contribution in [3.05, 3.63) is 35.9 Å². The fraction of sp³-hybridized carbons (Fsp3) is 0.364. The van der Waals surface area contributed by atoms with E-state index < -0.39 is 6.17 Å². The number of amides is 1. The molecule has 0 saturated heterocycles. The van der Waals surface area contributed by atoms with Crippen molar-refractivity contribution in [1.82, 2.24) is 10.9 Å². The highest BCUT2D eigenvalue weighted by Gasteiger charge is 2.30. The summed E-state index contributed by atoms with van der Waals surface area (Å²) in [6.07, 6.45) is 0.524.